The fourth-order valence-electron chi connectivity index (χ4n) is 1.18. The summed E-state index contributed by atoms with van der Waals surface area (Å²) in [6, 6.07) is 9.44. The van der Waals surface area contributed by atoms with Gasteiger partial charge in [0.2, 0.25) is 0 Å². The second kappa shape index (κ2) is 6.53. The smallest absolute Gasteiger partial charge is 0.109 e. The van der Waals surface area contributed by atoms with Crippen LogP contribution in [0.5, 0.6) is 0 Å². The van der Waals surface area contributed by atoms with E-state index in [0.29, 0.717) is 6.61 Å². The monoisotopic (exact) mass is 212 g/mol. The third-order valence-electron chi connectivity index (χ3n) is 2.10. The first-order valence-electron chi connectivity index (χ1n) is 4.83. The van der Waals surface area contributed by atoms with Crippen molar-refractivity contribution >= 4 is 0 Å². The molecule has 0 saturated carbocycles. The Morgan fingerprint density at radius 3 is 2.27 bits per heavy atom. The van der Waals surface area contributed by atoms with Crippen LogP contribution >= 0.6 is 0 Å². The van der Waals surface area contributed by atoms with Crippen LogP contribution in [0.25, 0.3) is 0 Å². The zero-order chi connectivity index (χ0) is 11.1. The molecule has 0 radical (unpaired) electrons. The standard InChI is InChI=1S/C11H16O4/c12-6-10(14)11(7-13)15-8-9-4-2-1-3-5-9/h1-5,10-14H,6-8H2/t10-,11-/m1/s1. The molecule has 0 aliphatic carbocycles. The number of rotatable bonds is 6. The van der Waals surface area contributed by atoms with E-state index in [2.05, 4.69) is 0 Å². The fourth-order valence-corrected chi connectivity index (χ4v) is 1.18. The van der Waals surface area contributed by atoms with Gasteiger partial charge in [0.05, 0.1) is 19.8 Å². The van der Waals surface area contributed by atoms with Crippen LogP contribution in [-0.2, 0) is 11.3 Å². The van der Waals surface area contributed by atoms with Gasteiger partial charge < -0.3 is 20.1 Å². The average molecular weight is 212 g/mol. The van der Waals surface area contributed by atoms with E-state index in [1.54, 1.807) is 0 Å². The molecule has 0 saturated heterocycles. The summed E-state index contributed by atoms with van der Waals surface area (Å²) in [6.45, 7) is -0.419. The fraction of sp³-hybridized carbons (Fsp3) is 0.455. The summed E-state index contributed by atoms with van der Waals surface area (Å²) >= 11 is 0. The molecule has 0 unspecified atom stereocenters. The van der Waals surface area contributed by atoms with Gasteiger partial charge in [0.15, 0.2) is 0 Å². The highest BCUT2D eigenvalue weighted by Gasteiger charge is 2.17. The molecule has 1 aromatic rings. The number of aliphatic hydroxyl groups is 3. The third kappa shape index (κ3) is 3.97. The van der Waals surface area contributed by atoms with Crippen molar-refractivity contribution in [1.29, 1.82) is 0 Å². The van der Waals surface area contributed by atoms with Crippen molar-refractivity contribution in [2.24, 2.45) is 0 Å². The molecular formula is C11H16O4. The molecule has 0 aliphatic rings. The summed E-state index contributed by atoms with van der Waals surface area (Å²) in [4.78, 5) is 0. The highest BCUT2D eigenvalue weighted by molar-refractivity contribution is 5.13. The Kier molecular flexibility index (Phi) is 5.28. The SMILES string of the molecule is OC[C@@H](O)[C@@H](CO)OCc1ccccc1. The molecule has 4 heteroatoms. The summed E-state index contributed by atoms with van der Waals surface area (Å²) in [5.41, 5.74) is 0.959. The van der Waals surface area contributed by atoms with Crippen molar-refractivity contribution in [3.8, 4) is 0 Å². The predicted octanol–water partition coefficient (Wildman–Crippen LogP) is -0.0827. The van der Waals surface area contributed by atoms with Crippen molar-refractivity contribution in [2.45, 2.75) is 18.8 Å². The highest BCUT2D eigenvalue weighted by atomic mass is 16.5. The number of ether oxygens (including phenoxy) is 1. The number of benzene rings is 1. The minimum Gasteiger partial charge on any atom is -0.394 e. The predicted molar refractivity (Wildman–Crippen MR) is 55.2 cm³/mol. The number of aliphatic hydroxyl groups excluding tert-OH is 3. The minimum atomic E-state index is -1.04. The van der Waals surface area contributed by atoms with Gasteiger partial charge in [-0.2, -0.15) is 0 Å². The van der Waals surface area contributed by atoms with Crippen LogP contribution in [0.2, 0.25) is 0 Å². The quantitative estimate of drug-likeness (QED) is 0.616. The van der Waals surface area contributed by atoms with E-state index in [4.69, 9.17) is 14.9 Å². The van der Waals surface area contributed by atoms with E-state index < -0.39 is 18.8 Å². The van der Waals surface area contributed by atoms with Crippen LogP contribution < -0.4 is 0 Å². The molecule has 0 aliphatic heterocycles. The van der Waals surface area contributed by atoms with Crippen LogP contribution in [0.4, 0.5) is 0 Å². The molecule has 4 nitrogen and oxygen atoms in total. The Morgan fingerprint density at radius 2 is 1.73 bits per heavy atom. The maximum absolute atomic E-state index is 9.26. The van der Waals surface area contributed by atoms with Gasteiger partial charge in [-0.15, -0.1) is 0 Å². The van der Waals surface area contributed by atoms with Crippen LogP contribution in [0.3, 0.4) is 0 Å². The van der Waals surface area contributed by atoms with Crippen molar-refractivity contribution < 1.29 is 20.1 Å². The van der Waals surface area contributed by atoms with Crippen LogP contribution in [0.15, 0.2) is 30.3 Å². The average Bonchev–Trinajstić information content (AvgIpc) is 2.31. The molecule has 2 atom stereocenters. The van der Waals surface area contributed by atoms with E-state index >= 15 is 0 Å². The molecule has 1 rings (SSSR count). The van der Waals surface area contributed by atoms with Gasteiger partial charge in [-0.25, -0.2) is 0 Å². The zero-order valence-corrected chi connectivity index (χ0v) is 8.41. The molecule has 0 bridgehead atoms. The molecule has 84 valence electrons. The van der Waals surface area contributed by atoms with Crippen LogP contribution in [0.1, 0.15) is 5.56 Å². The van der Waals surface area contributed by atoms with Gasteiger partial charge in [0.1, 0.15) is 12.2 Å². The lowest BCUT2D eigenvalue weighted by atomic mass is 10.2. The third-order valence-corrected chi connectivity index (χ3v) is 2.10. The number of hydrogen-bond acceptors (Lipinski definition) is 4. The molecule has 0 spiro atoms. The summed E-state index contributed by atoms with van der Waals surface area (Å²) in [5, 5.41) is 26.9. The molecule has 0 heterocycles. The van der Waals surface area contributed by atoms with Crippen LogP contribution in [0, 0.1) is 0 Å². The zero-order valence-electron chi connectivity index (χ0n) is 8.41. The summed E-state index contributed by atoms with van der Waals surface area (Å²) in [5.74, 6) is 0. The second-order valence-electron chi connectivity index (χ2n) is 3.27. The molecule has 3 N–H and O–H groups in total. The lowest BCUT2D eigenvalue weighted by Gasteiger charge is -2.19. The first kappa shape index (κ1) is 12.1. The Bertz CT molecular complexity index is 263. The van der Waals surface area contributed by atoms with E-state index in [-0.39, 0.29) is 6.61 Å². The normalized spacial score (nSPS) is 14.9. The topological polar surface area (TPSA) is 69.9 Å². The van der Waals surface area contributed by atoms with Gasteiger partial charge in [0, 0.05) is 0 Å². The van der Waals surface area contributed by atoms with Crippen molar-refractivity contribution in [3.63, 3.8) is 0 Å². The van der Waals surface area contributed by atoms with E-state index in [1.165, 1.54) is 0 Å². The Hall–Kier alpha value is -0.940. The molecule has 0 fully saturated rings. The van der Waals surface area contributed by atoms with Gasteiger partial charge >= 0.3 is 0 Å². The van der Waals surface area contributed by atoms with Crippen molar-refractivity contribution in [3.05, 3.63) is 35.9 Å². The molecule has 0 aromatic heterocycles. The largest absolute Gasteiger partial charge is 0.394 e. The molecular weight excluding hydrogens is 196 g/mol. The van der Waals surface area contributed by atoms with Crippen molar-refractivity contribution in [2.75, 3.05) is 13.2 Å². The van der Waals surface area contributed by atoms with Gasteiger partial charge in [-0.1, -0.05) is 30.3 Å². The highest BCUT2D eigenvalue weighted by Crippen LogP contribution is 2.05. The lowest BCUT2D eigenvalue weighted by Crippen LogP contribution is -2.34. The molecule has 0 amide bonds. The van der Waals surface area contributed by atoms with E-state index in [0.717, 1.165) is 5.56 Å². The minimum absolute atomic E-state index is 0.309. The molecule has 1 aromatic carbocycles. The summed E-state index contributed by atoms with van der Waals surface area (Å²) in [7, 11) is 0. The van der Waals surface area contributed by atoms with Gasteiger partial charge in [-0.3, -0.25) is 0 Å². The first-order valence-corrected chi connectivity index (χ1v) is 4.83. The van der Waals surface area contributed by atoms with Crippen LogP contribution in [-0.4, -0.2) is 40.7 Å². The summed E-state index contributed by atoms with van der Waals surface area (Å²) < 4.78 is 5.27. The Morgan fingerprint density at radius 1 is 1.07 bits per heavy atom. The maximum atomic E-state index is 9.26. The molecule has 15 heavy (non-hydrogen) atoms. The van der Waals surface area contributed by atoms with Gasteiger partial charge in [0.25, 0.3) is 0 Å². The van der Waals surface area contributed by atoms with E-state index in [1.807, 2.05) is 30.3 Å². The Labute approximate surface area is 88.8 Å². The number of hydrogen-bond donors (Lipinski definition) is 3. The van der Waals surface area contributed by atoms with E-state index in [9.17, 15) is 5.11 Å². The van der Waals surface area contributed by atoms with Crippen molar-refractivity contribution in [1.82, 2.24) is 0 Å². The van der Waals surface area contributed by atoms with Gasteiger partial charge in [-0.05, 0) is 5.56 Å². The lowest BCUT2D eigenvalue weighted by molar-refractivity contribution is -0.0860. The maximum Gasteiger partial charge on any atom is 0.109 e. The first-order chi connectivity index (χ1) is 7.27. The Balaban J connectivity index is 2.41. The second-order valence-corrected chi connectivity index (χ2v) is 3.27. The summed E-state index contributed by atoms with van der Waals surface area (Å²) in [6.07, 6.45) is -1.78.